The third-order valence-corrected chi connectivity index (χ3v) is 11.8. The lowest BCUT2D eigenvalue weighted by molar-refractivity contribution is 0.591. The monoisotopic (exact) mass is 692 g/mol. The molecule has 0 aromatic heterocycles. The third kappa shape index (κ3) is 5.04. The summed E-state index contributed by atoms with van der Waals surface area (Å²) in [5, 5.41) is 18.3. The highest BCUT2D eigenvalue weighted by atomic mass is 14.3. The van der Waals surface area contributed by atoms with E-state index in [1.54, 1.807) is 0 Å². The zero-order valence-corrected chi connectivity index (χ0v) is 32.0. The summed E-state index contributed by atoms with van der Waals surface area (Å²) in [5.41, 5.74) is 7.78. The summed E-state index contributed by atoms with van der Waals surface area (Å²) in [4.78, 5) is 0. The van der Waals surface area contributed by atoms with E-state index in [0.717, 1.165) is 0 Å². The van der Waals surface area contributed by atoms with Crippen LogP contribution in [0.2, 0.25) is 0 Å². The number of benzene rings is 10. The molecule has 10 aromatic carbocycles. The summed E-state index contributed by atoms with van der Waals surface area (Å²) >= 11 is 0. The van der Waals surface area contributed by atoms with Crippen molar-refractivity contribution >= 4 is 75.4 Å². The van der Waals surface area contributed by atoms with Gasteiger partial charge in [-0.05, 0) is 156 Å². The molecule has 0 heterocycles. The van der Waals surface area contributed by atoms with Gasteiger partial charge in [0.2, 0.25) is 0 Å². The van der Waals surface area contributed by atoms with Gasteiger partial charge in [0, 0.05) is 0 Å². The van der Waals surface area contributed by atoms with Gasteiger partial charge < -0.3 is 0 Å². The van der Waals surface area contributed by atoms with Crippen LogP contribution in [0.4, 0.5) is 0 Å². The molecule has 0 unspecified atom stereocenters. The van der Waals surface area contributed by atoms with Crippen LogP contribution in [0.25, 0.3) is 97.7 Å². The molecule has 10 aromatic rings. The molecular formula is C54H44. The molecule has 0 saturated heterocycles. The summed E-state index contributed by atoms with van der Waals surface area (Å²) in [7, 11) is 0. The molecule has 0 amide bonds. The predicted molar refractivity (Wildman–Crippen MR) is 237 cm³/mol. The van der Waals surface area contributed by atoms with Crippen LogP contribution in [0.15, 0.2) is 158 Å². The van der Waals surface area contributed by atoms with Crippen LogP contribution in [0.5, 0.6) is 0 Å². The van der Waals surface area contributed by atoms with E-state index in [-0.39, 0.29) is 10.8 Å². The van der Waals surface area contributed by atoms with E-state index in [1.807, 2.05) is 0 Å². The lowest BCUT2D eigenvalue weighted by Gasteiger charge is -2.27. The molecule has 10 rings (SSSR count). The zero-order valence-electron chi connectivity index (χ0n) is 32.0. The lowest BCUT2D eigenvalue weighted by atomic mass is 9.77. The maximum absolute atomic E-state index is 2.48. The maximum Gasteiger partial charge on any atom is -0.00928 e. The van der Waals surface area contributed by atoms with Crippen LogP contribution in [-0.4, -0.2) is 0 Å². The van der Waals surface area contributed by atoms with Gasteiger partial charge in [0.25, 0.3) is 0 Å². The van der Waals surface area contributed by atoms with Crippen molar-refractivity contribution in [2.45, 2.75) is 52.4 Å². The quantitative estimate of drug-likeness (QED) is 0.158. The van der Waals surface area contributed by atoms with Gasteiger partial charge in [-0.1, -0.05) is 163 Å². The van der Waals surface area contributed by atoms with Crippen molar-refractivity contribution in [2.75, 3.05) is 0 Å². The first kappa shape index (κ1) is 32.7. The number of fused-ring (bicyclic) bond motifs is 13. The molecule has 0 N–H and O–H groups in total. The topological polar surface area (TPSA) is 0 Å². The highest BCUT2D eigenvalue weighted by Crippen LogP contribution is 2.44. The second-order valence-electron chi connectivity index (χ2n) is 17.3. The Balaban J connectivity index is 1.24. The summed E-state index contributed by atoms with van der Waals surface area (Å²) < 4.78 is 0. The molecule has 0 nitrogen and oxygen atoms in total. The van der Waals surface area contributed by atoms with Crippen LogP contribution in [0, 0.1) is 0 Å². The minimum absolute atomic E-state index is 0.0489. The van der Waals surface area contributed by atoms with Crippen molar-refractivity contribution in [1.29, 1.82) is 0 Å². The van der Waals surface area contributed by atoms with Crippen molar-refractivity contribution in [3.8, 4) is 22.3 Å². The maximum atomic E-state index is 2.48. The van der Waals surface area contributed by atoms with Crippen molar-refractivity contribution in [1.82, 2.24) is 0 Å². The molecule has 0 saturated carbocycles. The lowest BCUT2D eigenvalue weighted by Crippen LogP contribution is -2.14. The largest absolute Gasteiger partial charge is 0.0616 e. The third-order valence-electron chi connectivity index (χ3n) is 11.8. The van der Waals surface area contributed by atoms with Gasteiger partial charge in [0.15, 0.2) is 0 Å². The summed E-state index contributed by atoms with van der Waals surface area (Å²) in [6, 6.07) is 59.7. The average molecular weight is 693 g/mol. The van der Waals surface area contributed by atoms with Crippen LogP contribution >= 0.6 is 0 Å². The van der Waals surface area contributed by atoms with E-state index in [1.165, 1.54) is 109 Å². The van der Waals surface area contributed by atoms with Gasteiger partial charge in [-0.15, -0.1) is 0 Å². The van der Waals surface area contributed by atoms with Crippen molar-refractivity contribution in [3.05, 3.63) is 169 Å². The Kier molecular flexibility index (Phi) is 7.11. The fourth-order valence-corrected chi connectivity index (χ4v) is 9.22. The first-order valence-electron chi connectivity index (χ1n) is 19.3. The first-order chi connectivity index (χ1) is 26.0. The molecule has 0 aliphatic carbocycles. The van der Waals surface area contributed by atoms with Gasteiger partial charge in [0.05, 0.1) is 0 Å². The van der Waals surface area contributed by atoms with E-state index in [2.05, 4.69) is 199 Å². The van der Waals surface area contributed by atoms with E-state index in [4.69, 9.17) is 0 Å². The van der Waals surface area contributed by atoms with E-state index in [9.17, 15) is 0 Å². The minimum atomic E-state index is -0.0489. The average Bonchev–Trinajstić information content (AvgIpc) is 3.19. The summed E-state index contributed by atoms with van der Waals surface area (Å²) in [5.74, 6) is 0. The highest BCUT2D eigenvalue weighted by Gasteiger charge is 2.24. The Morgan fingerprint density at radius 1 is 0.259 bits per heavy atom. The van der Waals surface area contributed by atoms with Gasteiger partial charge in [0.1, 0.15) is 0 Å². The van der Waals surface area contributed by atoms with E-state index in [0.29, 0.717) is 0 Å². The molecule has 0 aliphatic heterocycles. The number of rotatable bonds is 2. The summed E-state index contributed by atoms with van der Waals surface area (Å²) in [6.07, 6.45) is 0. The number of hydrogen-bond donors (Lipinski definition) is 0. The minimum Gasteiger partial charge on any atom is -0.0616 e. The molecule has 0 atom stereocenters. The van der Waals surface area contributed by atoms with E-state index >= 15 is 0 Å². The van der Waals surface area contributed by atoms with Gasteiger partial charge in [-0.2, -0.15) is 0 Å². The molecule has 54 heavy (non-hydrogen) atoms. The zero-order chi connectivity index (χ0) is 36.9. The van der Waals surface area contributed by atoms with Gasteiger partial charge in [-0.3, -0.25) is 0 Å². The fourth-order valence-electron chi connectivity index (χ4n) is 9.22. The molecular weight excluding hydrogens is 649 g/mol. The Bertz CT molecular complexity index is 2880. The molecule has 0 radical (unpaired) electrons. The van der Waals surface area contributed by atoms with Crippen LogP contribution in [0.1, 0.15) is 52.7 Å². The molecule has 0 spiro atoms. The normalized spacial score (nSPS) is 12.6. The second-order valence-corrected chi connectivity index (χ2v) is 17.3. The Labute approximate surface area is 317 Å². The van der Waals surface area contributed by atoms with Gasteiger partial charge >= 0.3 is 0 Å². The van der Waals surface area contributed by atoms with Crippen molar-refractivity contribution in [2.24, 2.45) is 0 Å². The SMILES string of the molecule is CC(C)(C)c1cc2cc(C(C)(C)C)c(-c3ccc4c5ccccc5c5ccccc5c4c3)cc2cc1-c1ccc2c3ccccc3c3ccccc3c2c1. The van der Waals surface area contributed by atoms with Crippen molar-refractivity contribution < 1.29 is 0 Å². The Morgan fingerprint density at radius 3 is 0.815 bits per heavy atom. The molecule has 0 aliphatic rings. The number of hydrogen-bond acceptors (Lipinski definition) is 0. The Hall–Kier alpha value is -5.98. The smallest absolute Gasteiger partial charge is 0.00928 e. The predicted octanol–water partition coefficient (Wildman–Crippen LogP) is 15.7. The molecule has 260 valence electrons. The molecule has 0 bridgehead atoms. The molecule has 0 fully saturated rings. The first-order valence-corrected chi connectivity index (χ1v) is 19.3. The van der Waals surface area contributed by atoms with E-state index < -0.39 is 0 Å². The second kappa shape index (κ2) is 11.8. The standard InChI is InChI=1S/C54H44/c1-53(2,3)51-31-36-32-52(54(4,5)6)48(34-24-26-46-42-20-10-8-16-38(42)40-18-12-14-22-44(40)50(46)28-34)30-35(36)29-47(51)33-23-25-45-41-19-9-7-15-37(41)39-17-11-13-21-43(39)49(45)27-33/h7-32H,1-6H3. The van der Waals surface area contributed by atoms with Crippen molar-refractivity contribution in [3.63, 3.8) is 0 Å². The Morgan fingerprint density at radius 2 is 0.519 bits per heavy atom. The van der Waals surface area contributed by atoms with Crippen LogP contribution in [-0.2, 0) is 10.8 Å². The van der Waals surface area contributed by atoms with Crippen LogP contribution < -0.4 is 0 Å². The molecule has 0 heteroatoms. The highest BCUT2D eigenvalue weighted by molar-refractivity contribution is 6.27. The fraction of sp³-hybridized carbons (Fsp3) is 0.148. The van der Waals surface area contributed by atoms with Gasteiger partial charge in [-0.25, -0.2) is 0 Å². The van der Waals surface area contributed by atoms with Crippen LogP contribution in [0.3, 0.4) is 0 Å². The summed E-state index contributed by atoms with van der Waals surface area (Å²) in [6.45, 7) is 14.1.